The Balaban J connectivity index is 3.40. The normalized spacial score (nSPS) is 12.2. The van der Waals surface area contributed by atoms with Gasteiger partial charge >= 0.3 is 5.97 Å². The van der Waals surface area contributed by atoms with Gasteiger partial charge in [0.05, 0.1) is 19.3 Å². The van der Waals surface area contributed by atoms with Crippen LogP contribution in [0.4, 0.5) is 0 Å². The summed E-state index contributed by atoms with van der Waals surface area (Å²) in [5.41, 5.74) is 0.334. The molecule has 0 saturated carbocycles. The molecule has 5 heteroatoms. The molecule has 0 saturated heterocycles. The van der Waals surface area contributed by atoms with Crippen molar-refractivity contribution in [2.24, 2.45) is 0 Å². The average molecular weight is 274 g/mol. The first kappa shape index (κ1) is 18.1. The zero-order valence-corrected chi connectivity index (χ0v) is 12.3. The molecule has 0 rings (SSSR count). The lowest BCUT2D eigenvalue weighted by molar-refractivity contribution is -0.136. The topological polar surface area (TPSA) is 54.0 Å². The summed E-state index contributed by atoms with van der Waals surface area (Å²) >= 11 is 0. The van der Waals surface area contributed by atoms with E-state index in [1.807, 2.05) is 0 Å². The van der Waals surface area contributed by atoms with E-state index < -0.39 is 5.97 Å². The summed E-state index contributed by atoms with van der Waals surface area (Å²) in [6.07, 6.45) is 3.61. The molecule has 0 amide bonds. The van der Waals surface area contributed by atoms with Crippen LogP contribution in [0.5, 0.6) is 0 Å². The maximum atomic E-state index is 11.0. The molecule has 0 spiro atoms. The minimum absolute atomic E-state index is 0.106. The van der Waals surface area contributed by atoms with E-state index in [1.165, 1.54) is 7.11 Å². The third kappa shape index (κ3) is 9.64. The number of unbranched alkanes of at least 4 members (excludes halogenated alkanes) is 1. The molecule has 19 heavy (non-hydrogen) atoms. The van der Waals surface area contributed by atoms with Crippen molar-refractivity contribution in [2.45, 2.75) is 38.9 Å². The molecule has 0 aliphatic carbocycles. The number of esters is 1. The quantitative estimate of drug-likeness (QED) is 0.236. The van der Waals surface area contributed by atoms with Gasteiger partial charge in [-0.3, -0.25) is 0 Å². The maximum Gasteiger partial charge on any atom is 0.335 e. The Hall–Kier alpha value is -0.910. The van der Waals surface area contributed by atoms with Crippen LogP contribution < -0.4 is 0 Å². The first-order chi connectivity index (χ1) is 9.15. The average Bonchev–Trinajstić information content (AvgIpc) is 2.43. The lowest BCUT2D eigenvalue weighted by Crippen LogP contribution is -2.16. The minimum Gasteiger partial charge on any atom is -0.466 e. The highest BCUT2D eigenvalue weighted by molar-refractivity contribution is 5.87. The first-order valence-corrected chi connectivity index (χ1v) is 6.63. The molecule has 0 bridgehead atoms. The van der Waals surface area contributed by atoms with Crippen molar-refractivity contribution in [3.05, 3.63) is 12.2 Å². The number of methoxy groups -OCH3 is 2. The standard InChI is InChI=1S/C14H26O5/c1-5-8-13(16-3)19-10-7-6-9-18-11-12(2)14(15)17-4/h13H,2,5-11H2,1,3-4H3. The van der Waals surface area contributed by atoms with Crippen molar-refractivity contribution in [3.8, 4) is 0 Å². The van der Waals surface area contributed by atoms with Crippen molar-refractivity contribution < 1.29 is 23.7 Å². The summed E-state index contributed by atoms with van der Waals surface area (Å²) in [4.78, 5) is 11.0. The molecule has 0 aromatic rings. The Morgan fingerprint density at radius 1 is 1.21 bits per heavy atom. The summed E-state index contributed by atoms with van der Waals surface area (Å²) in [6, 6.07) is 0. The van der Waals surface area contributed by atoms with Gasteiger partial charge in [0.2, 0.25) is 0 Å². The summed E-state index contributed by atoms with van der Waals surface area (Å²) in [5.74, 6) is -0.425. The molecule has 1 atom stereocenters. The molecule has 0 aliphatic heterocycles. The second-order valence-corrected chi connectivity index (χ2v) is 4.18. The Labute approximate surface area is 115 Å². The fourth-order valence-electron chi connectivity index (χ4n) is 1.42. The third-order valence-corrected chi connectivity index (χ3v) is 2.52. The Kier molecular flexibility index (Phi) is 11.6. The van der Waals surface area contributed by atoms with Crippen LogP contribution >= 0.6 is 0 Å². The zero-order chi connectivity index (χ0) is 14.5. The fourth-order valence-corrected chi connectivity index (χ4v) is 1.42. The highest BCUT2D eigenvalue weighted by atomic mass is 16.7. The molecular weight excluding hydrogens is 248 g/mol. The van der Waals surface area contributed by atoms with Crippen LogP contribution in [-0.2, 0) is 23.7 Å². The third-order valence-electron chi connectivity index (χ3n) is 2.52. The van der Waals surface area contributed by atoms with Gasteiger partial charge in [0.1, 0.15) is 0 Å². The van der Waals surface area contributed by atoms with Gasteiger partial charge in [0, 0.05) is 20.3 Å². The highest BCUT2D eigenvalue weighted by Gasteiger charge is 2.06. The van der Waals surface area contributed by atoms with Crippen LogP contribution in [0.1, 0.15) is 32.6 Å². The van der Waals surface area contributed by atoms with E-state index in [1.54, 1.807) is 7.11 Å². The van der Waals surface area contributed by atoms with E-state index >= 15 is 0 Å². The van der Waals surface area contributed by atoms with E-state index in [2.05, 4.69) is 18.2 Å². The molecule has 0 radical (unpaired) electrons. The van der Waals surface area contributed by atoms with Crippen LogP contribution in [0.25, 0.3) is 0 Å². The summed E-state index contributed by atoms with van der Waals surface area (Å²) in [5, 5.41) is 0. The Bertz CT molecular complexity index is 252. The van der Waals surface area contributed by atoms with Gasteiger partial charge < -0.3 is 18.9 Å². The van der Waals surface area contributed by atoms with Crippen molar-refractivity contribution >= 4 is 5.97 Å². The van der Waals surface area contributed by atoms with Crippen molar-refractivity contribution in [1.29, 1.82) is 0 Å². The lowest BCUT2D eigenvalue weighted by atomic mass is 10.3. The molecule has 0 fully saturated rings. The van der Waals surface area contributed by atoms with Crippen molar-refractivity contribution in [1.82, 2.24) is 0 Å². The van der Waals surface area contributed by atoms with Crippen molar-refractivity contribution in [2.75, 3.05) is 34.0 Å². The predicted octanol–water partition coefficient (Wildman–Crippen LogP) is 2.30. The number of ether oxygens (including phenoxy) is 4. The van der Waals surface area contributed by atoms with Crippen LogP contribution in [0, 0.1) is 0 Å². The monoisotopic (exact) mass is 274 g/mol. The number of carbonyl (C=O) groups is 1. The van der Waals surface area contributed by atoms with Crippen LogP contribution in [0.15, 0.2) is 12.2 Å². The first-order valence-electron chi connectivity index (χ1n) is 6.63. The van der Waals surface area contributed by atoms with Gasteiger partial charge in [0.25, 0.3) is 0 Å². The summed E-state index contributed by atoms with van der Waals surface area (Å²) in [7, 11) is 2.98. The SMILES string of the molecule is C=C(COCCCCOC(CCC)OC)C(=O)OC. The zero-order valence-electron chi connectivity index (χ0n) is 12.3. The molecule has 1 unspecified atom stereocenters. The molecular formula is C14H26O5. The predicted molar refractivity (Wildman–Crippen MR) is 72.9 cm³/mol. The molecule has 112 valence electrons. The second-order valence-electron chi connectivity index (χ2n) is 4.18. The second kappa shape index (κ2) is 12.1. The van der Waals surface area contributed by atoms with E-state index in [0.717, 1.165) is 25.7 Å². The summed E-state index contributed by atoms with van der Waals surface area (Å²) < 4.78 is 20.5. The lowest BCUT2D eigenvalue weighted by Gasteiger charge is -2.15. The molecule has 0 N–H and O–H groups in total. The van der Waals surface area contributed by atoms with E-state index in [9.17, 15) is 4.79 Å². The van der Waals surface area contributed by atoms with Gasteiger partial charge in [-0.05, 0) is 19.3 Å². The van der Waals surface area contributed by atoms with Crippen LogP contribution in [0.3, 0.4) is 0 Å². The number of hydrogen-bond acceptors (Lipinski definition) is 5. The molecule has 0 aliphatic rings. The van der Waals surface area contributed by atoms with Crippen LogP contribution in [0.2, 0.25) is 0 Å². The molecule has 0 aromatic carbocycles. The largest absolute Gasteiger partial charge is 0.466 e. The maximum absolute atomic E-state index is 11.0. The highest BCUT2D eigenvalue weighted by Crippen LogP contribution is 2.04. The Morgan fingerprint density at radius 2 is 1.89 bits per heavy atom. The van der Waals surface area contributed by atoms with E-state index in [0.29, 0.717) is 18.8 Å². The van der Waals surface area contributed by atoms with E-state index in [-0.39, 0.29) is 12.9 Å². The number of rotatable bonds is 12. The summed E-state index contributed by atoms with van der Waals surface area (Å²) in [6.45, 7) is 7.11. The van der Waals surface area contributed by atoms with Crippen LogP contribution in [-0.4, -0.2) is 46.3 Å². The minimum atomic E-state index is -0.425. The van der Waals surface area contributed by atoms with Gasteiger partial charge in [-0.2, -0.15) is 0 Å². The van der Waals surface area contributed by atoms with E-state index in [4.69, 9.17) is 14.2 Å². The van der Waals surface area contributed by atoms with Crippen molar-refractivity contribution in [3.63, 3.8) is 0 Å². The molecule has 0 heterocycles. The Morgan fingerprint density at radius 3 is 2.47 bits per heavy atom. The smallest absolute Gasteiger partial charge is 0.335 e. The molecule has 5 nitrogen and oxygen atoms in total. The van der Waals surface area contributed by atoms with Gasteiger partial charge in [0.15, 0.2) is 6.29 Å². The number of carbonyl (C=O) groups excluding carboxylic acids is 1. The number of hydrogen-bond donors (Lipinski definition) is 0. The fraction of sp³-hybridized carbons (Fsp3) is 0.786. The molecule has 0 aromatic heterocycles. The van der Waals surface area contributed by atoms with Gasteiger partial charge in [-0.15, -0.1) is 0 Å². The van der Waals surface area contributed by atoms with Gasteiger partial charge in [-0.25, -0.2) is 4.79 Å². The van der Waals surface area contributed by atoms with Gasteiger partial charge in [-0.1, -0.05) is 19.9 Å².